The third-order valence-corrected chi connectivity index (χ3v) is 2.35. The molecule has 0 aromatic heterocycles. The smallest absolute Gasteiger partial charge is 0.189 e. The van der Waals surface area contributed by atoms with Gasteiger partial charge in [0.2, 0.25) is 0 Å². The third kappa shape index (κ3) is 4.38. The van der Waals surface area contributed by atoms with Crippen LogP contribution in [-0.2, 0) is 9.47 Å². The summed E-state index contributed by atoms with van der Waals surface area (Å²) >= 11 is 3.36. The lowest BCUT2D eigenvalue weighted by Crippen LogP contribution is -2.08. The molecular weight excluding hydrogens is 276 g/mol. The number of rotatable bonds is 7. The Bertz CT molecular complexity index is 317. The highest BCUT2D eigenvalue weighted by Gasteiger charge is 2.04. The summed E-state index contributed by atoms with van der Waals surface area (Å²) in [5.74, 6) is 1.33. The second-order valence-electron chi connectivity index (χ2n) is 2.96. The Morgan fingerprint density at radius 3 is 2.62 bits per heavy atom. The molecule has 0 amide bonds. The Kier molecular flexibility index (Phi) is 6.22. The molecule has 0 aliphatic rings. The van der Waals surface area contributed by atoms with Crippen LogP contribution < -0.4 is 9.47 Å². The topological polar surface area (TPSA) is 36.9 Å². The van der Waals surface area contributed by atoms with Gasteiger partial charge in [0.25, 0.3) is 0 Å². The zero-order chi connectivity index (χ0) is 11.8. The molecule has 1 rings (SSSR count). The molecule has 4 nitrogen and oxygen atoms in total. The summed E-state index contributed by atoms with van der Waals surface area (Å²) in [6, 6.07) is 5.54. The van der Waals surface area contributed by atoms with Crippen molar-refractivity contribution in [2.45, 2.75) is 0 Å². The molecule has 90 valence electrons. The molecule has 1 aromatic rings. The number of ether oxygens (including phenoxy) is 4. The minimum absolute atomic E-state index is 0.182. The van der Waals surface area contributed by atoms with E-state index in [4.69, 9.17) is 18.9 Å². The van der Waals surface area contributed by atoms with Crippen molar-refractivity contribution in [1.29, 1.82) is 0 Å². The molecule has 0 heterocycles. The van der Waals surface area contributed by atoms with Gasteiger partial charge >= 0.3 is 0 Å². The summed E-state index contributed by atoms with van der Waals surface area (Å²) in [6.45, 7) is 1.25. The maximum absolute atomic E-state index is 5.41. The van der Waals surface area contributed by atoms with E-state index in [0.29, 0.717) is 24.7 Å². The van der Waals surface area contributed by atoms with E-state index < -0.39 is 0 Å². The molecule has 0 spiro atoms. The lowest BCUT2D eigenvalue weighted by Gasteiger charge is -2.10. The molecule has 0 saturated carbocycles. The van der Waals surface area contributed by atoms with Crippen LogP contribution in [0.25, 0.3) is 0 Å². The van der Waals surface area contributed by atoms with Gasteiger partial charge in [-0.05, 0) is 18.2 Å². The van der Waals surface area contributed by atoms with Crippen LogP contribution in [-0.4, -0.2) is 34.2 Å². The standard InChI is InChI=1S/C11H15BrO4/c1-13-5-6-15-8-16-10-4-3-9(12)7-11(10)14-2/h3-4,7H,5-6,8H2,1-2H3. The second-order valence-corrected chi connectivity index (χ2v) is 3.87. The predicted molar refractivity (Wildman–Crippen MR) is 64.0 cm³/mol. The quantitative estimate of drug-likeness (QED) is 0.571. The number of benzene rings is 1. The number of halogens is 1. The van der Waals surface area contributed by atoms with Crippen molar-refractivity contribution >= 4 is 15.9 Å². The maximum Gasteiger partial charge on any atom is 0.189 e. The monoisotopic (exact) mass is 290 g/mol. The molecule has 0 bridgehead atoms. The van der Waals surface area contributed by atoms with Crippen LogP contribution in [0.4, 0.5) is 0 Å². The van der Waals surface area contributed by atoms with Crippen LogP contribution in [0.2, 0.25) is 0 Å². The fourth-order valence-electron chi connectivity index (χ4n) is 1.07. The lowest BCUT2D eigenvalue weighted by molar-refractivity contribution is -0.00945. The minimum atomic E-state index is 0.182. The molecule has 0 radical (unpaired) electrons. The third-order valence-electron chi connectivity index (χ3n) is 1.86. The normalized spacial score (nSPS) is 10.2. The van der Waals surface area contributed by atoms with E-state index in [1.54, 1.807) is 14.2 Å². The molecule has 0 atom stereocenters. The van der Waals surface area contributed by atoms with Crippen molar-refractivity contribution in [3.05, 3.63) is 22.7 Å². The Hall–Kier alpha value is -0.780. The van der Waals surface area contributed by atoms with E-state index in [9.17, 15) is 0 Å². The molecule has 0 fully saturated rings. The van der Waals surface area contributed by atoms with Crippen LogP contribution in [0.3, 0.4) is 0 Å². The summed E-state index contributed by atoms with van der Waals surface area (Å²) in [6.07, 6.45) is 0. The van der Waals surface area contributed by atoms with Crippen molar-refractivity contribution < 1.29 is 18.9 Å². The first kappa shape index (κ1) is 13.3. The predicted octanol–water partition coefficient (Wildman–Crippen LogP) is 2.46. The Balaban J connectivity index is 2.41. The molecule has 0 unspecified atom stereocenters. The van der Waals surface area contributed by atoms with E-state index in [-0.39, 0.29) is 6.79 Å². The summed E-state index contributed by atoms with van der Waals surface area (Å²) in [5, 5.41) is 0. The van der Waals surface area contributed by atoms with Gasteiger partial charge in [-0.1, -0.05) is 15.9 Å². The molecule has 0 aliphatic heterocycles. The Morgan fingerprint density at radius 1 is 1.12 bits per heavy atom. The van der Waals surface area contributed by atoms with Gasteiger partial charge in [-0.25, -0.2) is 0 Å². The maximum atomic E-state index is 5.41. The second kappa shape index (κ2) is 7.49. The van der Waals surface area contributed by atoms with Crippen LogP contribution in [0.15, 0.2) is 22.7 Å². The van der Waals surface area contributed by atoms with Crippen LogP contribution in [0, 0.1) is 0 Å². The zero-order valence-electron chi connectivity index (χ0n) is 9.36. The highest BCUT2D eigenvalue weighted by atomic mass is 79.9. The number of methoxy groups -OCH3 is 2. The van der Waals surface area contributed by atoms with Crippen molar-refractivity contribution in [2.24, 2.45) is 0 Å². The number of hydrogen-bond acceptors (Lipinski definition) is 4. The summed E-state index contributed by atoms with van der Waals surface area (Å²) in [5.41, 5.74) is 0. The average molecular weight is 291 g/mol. The van der Waals surface area contributed by atoms with Crippen LogP contribution in [0.1, 0.15) is 0 Å². The zero-order valence-corrected chi connectivity index (χ0v) is 11.0. The minimum Gasteiger partial charge on any atom is -0.493 e. The average Bonchev–Trinajstić information content (AvgIpc) is 2.30. The highest BCUT2D eigenvalue weighted by Crippen LogP contribution is 2.29. The van der Waals surface area contributed by atoms with Crippen molar-refractivity contribution in [2.75, 3.05) is 34.2 Å². The fourth-order valence-corrected chi connectivity index (χ4v) is 1.41. The lowest BCUT2D eigenvalue weighted by atomic mass is 10.3. The van der Waals surface area contributed by atoms with Crippen LogP contribution >= 0.6 is 15.9 Å². The van der Waals surface area contributed by atoms with Crippen molar-refractivity contribution in [1.82, 2.24) is 0 Å². The van der Waals surface area contributed by atoms with Gasteiger partial charge in [-0.15, -0.1) is 0 Å². The van der Waals surface area contributed by atoms with E-state index in [2.05, 4.69) is 15.9 Å². The molecule has 5 heteroatoms. The van der Waals surface area contributed by atoms with E-state index in [0.717, 1.165) is 4.47 Å². The van der Waals surface area contributed by atoms with Gasteiger partial charge in [0.15, 0.2) is 18.3 Å². The van der Waals surface area contributed by atoms with E-state index in [1.807, 2.05) is 18.2 Å². The highest BCUT2D eigenvalue weighted by molar-refractivity contribution is 9.10. The Morgan fingerprint density at radius 2 is 1.94 bits per heavy atom. The van der Waals surface area contributed by atoms with Gasteiger partial charge in [-0.3, -0.25) is 0 Å². The van der Waals surface area contributed by atoms with Crippen molar-refractivity contribution in [3.8, 4) is 11.5 Å². The summed E-state index contributed by atoms with van der Waals surface area (Å²) in [4.78, 5) is 0. The molecule has 16 heavy (non-hydrogen) atoms. The SMILES string of the molecule is COCCOCOc1ccc(Br)cc1OC. The number of hydrogen-bond donors (Lipinski definition) is 0. The first-order valence-electron chi connectivity index (χ1n) is 4.81. The summed E-state index contributed by atoms with van der Waals surface area (Å²) in [7, 11) is 3.22. The van der Waals surface area contributed by atoms with Gasteiger partial charge in [-0.2, -0.15) is 0 Å². The molecule has 0 saturated heterocycles. The first-order chi connectivity index (χ1) is 7.77. The van der Waals surface area contributed by atoms with E-state index in [1.165, 1.54) is 0 Å². The molecule has 1 aromatic carbocycles. The fraction of sp³-hybridized carbons (Fsp3) is 0.455. The van der Waals surface area contributed by atoms with Crippen LogP contribution in [0.5, 0.6) is 11.5 Å². The Labute approximate surface area is 104 Å². The van der Waals surface area contributed by atoms with Gasteiger partial charge < -0.3 is 18.9 Å². The largest absolute Gasteiger partial charge is 0.493 e. The molecule has 0 aliphatic carbocycles. The van der Waals surface area contributed by atoms with Gasteiger partial charge in [0, 0.05) is 11.6 Å². The molecular formula is C11H15BrO4. The summed E-state index contributed by atoms with van der Waals surface area (Å²) < 4.78 is 21.6. The van der Waals surface area contributed by atoms with Crippen molar-refractivity contribution in [3.63, 3.8) is 0 Å². The van der Waals surface area contributed by atoms with E-state index >= 15 is 0 Å². The van der Waals surface area contributed by atoms with Gasteiger partial charge in [0.05, 0.1) is 20.3 Å². The van der Waals surface area contributed by atoms with Gasteiger partial charge in [0.1, 0.15) is 0 Å². The first-order valence-corrected chi connectivity index (χ1v) is 5.60. The molecule has 0 N–H and O–H groups in total.